The van der Waals surface area contributed by atoms with Gasteiger partial charge in [0.2, 0.25) is 0 Å². The van der Waals surface area contributed by atoms with E-state index in [9.17, 15) is 9.50 Å². The highest BCUT2D eigenvalue weighted by atomic mass is 19.1. The molecule has 1 aromatic rings. The van der Waals surface area contributed by atoms with Crippen molar-refractivity contribution in [2.24, 2.45) is 0 Å². The van der Waals surface area contributed by atoms with E-state index in [4.69, 9.17) is 9.84 Å². The predicted octanol–water partition coefficient (Wildman–Crippen LogP) is 1.80. The fourth-order valence-corrected chi connectivity index (χ4v) is 2.09. The second-order valence-corrected chi connectivity index (χ2v) is 5.14. The first-order valence-corrected chi connectivity index (χ1v) is 7.49. The van der Waals surface area contributed by atoms with Crippen LogP contribution in [0.3, 0.4) is 0 Å². The van der Waals surface area contributed by atoms with Gasteiger partial charge in [-0.05, 0) is 19.0 Å². The van der Waals surface area contributed by atoms with Gasteiger partial charge in [0.1, 0.15) is 5.82 Å². The van der Waals surface area contributed by atoms with Crippen LogP contribution < -0.4 is 0 Å². The van der Waals surface area contributed by atoms with Gasteiger partial charge in [-0.1, -0.05) is 31.5 Å². The molecule has 2 N–H and O–H groups in total. The second-order valence-electron chi connectivity index (χ2n) is 5.14. The van der Waals surface area contributed by atoms with Crippen molar-refractivity contribution in [1.29, 1.82) is 0 Å². The van der Waals surface area contributed by atoms with Crippen molar-refractivity contribution in [3.8, 4) is 0 Å². The number of rotatable bonds is 11. The molecule has 5 heteroatoms. The van der Waals surface area contributed by atoms with Crippen LogP contribution in [0.5, 0.6) is 0 Å². The first kappa shape index (κ1) is 18.0. The molecule has 0 saturated carbocycles. The number of benzene rings is 1. The van der Waals surface area contributed by atoms with Crippen LogP contribution in [-0.4, -0.2) is 54.1 Å². The maximum atomic E-state index is 13.4. The summed E-state index contributed by atoms with van der Waals surface area (Å²) in [6, 6.07) is 6.45. The van der Waals surface area contributed by atoms with Crippen molar-refractivity contribution in [1.82, 2.24) is 4.90 Å². The van der Waals surface area contributed by atoms with Crippen LogP contribution in [0, 0.1) is 5.82 Å². The monoisotopic (exact) mass is 299 g/mol. The number of hydrogen-bond donors (Lipinski definition) is 2. The molecule has 21 heavy (non-hydrogen) atoms. The van der Waals surface area contributed by atoms with Gasteiger partial charge in [-0.15, -0.1) is 0 Å². The lowest BCUT2D eigenvalue weighted by Gasteiger charge is -2.24. The normalized spacial score (nSPS) is 12.8. The molecule has 0 heterocycles. The van der Waals surface area contributed by atoms with Crippen molar-refractivity contribution < 1.29 is 19.3 Å². The molecule has 0 aliphatic rings. The zero-order valence-corrected chi connectivity index (χ0v) is 12.7. The van der Waals surface area contributed by atoms with Crippen molar-refractivity contribution in [2.45, 2.75) is 32.5 Å². The molecule has 0 aliphatic carbocycles. The van der Waals surface area contributed by atoms with Crippen LogP contribution in [0.1, 0.15) is 25.3 Å². The smallest absolute Gasteiger partial charge is 0.128 e. The number of aliphatic hydroxyl groups excluding tert-OH is 2. The molecular weight excluding hydrogens is 273 g/mol. The third-order valence-electron chi connectivity index (χ3n) is 3.24. The van der Waals surface area contributed by atoms with Crippen LogP contribution in [0.2, 0.25) is 0 Å². The highest BCUT2D eigenvalue weighted by Crippen LogP contribution is 2.08. The van der Waals surface area contributed by atoms with Crippen molar-refractivity contribution >= 4 is 0 Å². The summed E-state index contributed by atoms with van der Waals surface area (Å²) in [5, 5.41) is 19.0. The summed E-state index contributed by atoms with van der Waals surface area (Å²) in [4.78, 5) is 2.01. The van der Waals surface area contributed by atoms with Gasteiger partial charge in [0.25, 0.3) is 0 Å². The number of unbranched alkanes of at least 4 members (excludes halogenated alkanes) is 1. The van der Waals surface area contributed by atoms with E-state index in [1.165, 1.54) is 6.07 Å². The lowest BCUT2D eigenvalue weighted by Crippen LogP contribution is -2.37. The Hall–Kier alpha value is -1.01. The zero-order valence-electron chi connectivity index (χ0n) is 12.7. The molecule has 0 aromatic heterocycles. The summed E-state index contributed by atoms with van der Waals surface area (Å²) < 4.78 is 18.8. The molecule has 0 spiro atoms. The first-order chi connectivity index (χ1) is 10.2. The molecule has 0 aliphatic heterocycles. The van der Waals surface area contributed by atoms with E-state index < -0.39 is 6.10 Å². The molecule has 1 atom stereocenters. The van der Waals surface area contributed by atoms with Crippen molar-refractivity contribution in [2.75, 3.05) is 32.8 Å². The fraction of sp³-hybridized carbons (Fsp3) is 0.625. The van der Waals surface area contributed by atoms with Crippen LogP contribution in [0.25, 0.3) is 0 Å². The van der Waals surface area contributed by atoms with Gasteiger partial charge < -0.3 is 14.9 Å². The van der Waals surface area contributed by atoms with Crippen LogP contribution in [0.15, 0.2) is 24.3 Å². The van der Waals surface area contributed by atoms with Gasteiger partial charge >= 0.3 is 0 Å². The minimum atomic E-state index is -0.639. The van der Waals surface area contributed by atoms with E-state index in [0.29, 0.717) is 18.7 Å². The first-order valence-electron chi connectivity index (χ1n) is 7.49. The highest BCUT2D eigenvalue weighted by molar-refractivity contribution is 5.16. The summed E-state index contributed by atoms with van der Waals surface area (Å²) in [5.74, 6) is -0.295. The zero-order chi connectivity index (χ0) is 15.5. The maximum absolute atomic E-state index is 13.4. The van der Waals surface area contributed by atoms with Gasteiger partial charge in [-0.25, -0.2) is 4.39 Å². The lowest BCUT2D eigenvalue weighted by atomic mass is 10.2. The van der Waals surface area contributed by atoms with E-state index in [1.807, 2.05) is 4.90 Å². The second kappa shape index (κ2) is 10.7. The van der Waals surface area contributed by atoms with Gasteiger partial charge in [0.15, 0.2) is 0 Å². The number of nitrogens with zero attached hydrogens (tertiary/aromatic N) is 1. The quantitative estimate of drug-likeness (QED) is 0.654. The molecule has 0 amide bonds. The fourth-order valence-electron chi connectivity index (χ4n) is 2.09. The molecule has 0 bridgehead atoms. The molecule has 1 rings (SSSR count). The van der Waals surface area contributed by atoms with Crippen LogP contribution in [0.4, 0.5) is 4.39 Å². The Morgan fingerprint density at radius 3 is 2.71 bits per heavy atom. The summed E-state index contributed by atoms with van der Waals surface area (Å²) in [6.07, 6.45) is 1.46. The van der Waals surface area contributed by atoms with Crippen molar-refractivity contribution in [3.63, 3.8) is 0 Å². The minimum Gasteiger partial charge on any atom is -0.395 e. The average Bonchev–Trinajstić information content (AvgIpc) is 2.47. The highest BCUT2D eigenvalue weighted by Gasteiger charge is 2.11. The SMILES string of the molecule is CCCCN(CCO)C[C@@H](O)COCc1ccccc1F. The summed E-state index contributed by atoms with van der Waals surface area (Å²) >= 11 is 0. The lowest BCUT2D eigenvalue weighted by molar-refractivity contribution is 0.00672. The standard InChI is InChI=1S/C16H26FNO3/c1-2-3-8-18(9-10-19)11-15(20)13-21-12-14-6-4-5-7-16(14)17/h4-7,15,19-20H,2-3,8-13H2,1H3/t15-/m1/s1. The number of ether oxygens (including phenoxy) is 1. The minimum absolute atomic E-state index is 0.0759. The Labute approximate surface area is 126 Å². The Kier molecular flexibility index (Phi) is 9.17. The van der Waals surface area contributed by atoms with E-state index in [1.54, 1.807) is 18.2 Å². The summed E-state index contributed by atoms with van der Waals surface area (Å²) in [6.45, 7) is 4.34. The Balaban J connectivity index is 2.28. The van der Waals surface area contributed by atoms with Crippen molar-refractivity contribution in [3.05, 3.63) is 35.6 Å². The molecule has 4 nitrogen and oxygen atoms in total. The summed E-state index contributed by atoms with van der Waals surface area (Å²) in [7, 11) is 0. The number of hydrogen-bond acceptors (Lipinski definition) is 4. The van der Waals surface area contributed by atoms with Gasteiger partial charge in [0, 0.05) is 18.7 Å². The van der Waals surface area contributed by atoms with E-state index in [0.717, 1.165) is 19.4 Å². The summed E-state index contributed by atoms with van der Waals surface area (Å²) in [5.41, 5.74) is 0.489. The van der Waals surface area contributed by atoms with E-state index in [-0.39, 0.29) is 25.6 Å². The predicted molar refractivity (Wildman–Crippen MR) is 80.5 cm³/mol. The molecular formula is C16H26FNO3. The number of aliphatic hydroxyl groups is 2. The molecule has 0 fully saturated rings. The van der Waals surface area contributed by atoms with E-state index >= 15 is 0 Å². The largest absolute Gasteiger partial charge is 0.395 e. The molecule has 0 unspecified atom stereocenters. The van der Waals surface area contributed by atoms with Gasteiger partial charge in [-0.3, -0.25) is 4.90 Å². The molecule has 120 valence electrons. The van der Waals surface area contributed by atoms with Gasteiger partial charge in [-0.2, -0.15) is 0 Å². The molecule has 0 radical (unpaired) electrons. The molecule has 0 saturated heterocycles. The van der Waals surface area contributed by atoms with Gasteiger partial charge in [0.05, 0.1) is 25.9 Å². The Morgan fingerprint density at radius 2 is 2.05 bits per heavy atom. The maximum Gasteiger partial charge on any atom is 0.128 e. The third-order valence-corrected chi connectivity index (χ3v) is 3.24. The average molecular weight is 299 g/mol. The Morgan fingerprint density at radius 1 is 1.29 bits per heavy atom. The number of halogens is 1. The van der Waals surface area contributed by atoms with Crippen LogP contribution >= 0.6 is 0 Å². The molecule has 1 aromatic carbocycles. The Bertz CT molecular complexity index is 390. The van der Waals surface area contributed by atoms with Crippen LogP contribution in [-0.2, 0) is 11.3 Å². The third kappa shape index (κ3) is 7.52. The topological polar surface area (TPSA) is 52.9 Å². The van der Waals surface area contributed by atoms with E-state index in [2.05, 4.69) is 6.92 Å².